The molecule has 3 aliphatic rings. The average Bonchev–Trinajstić information content (AvgIpc) is 3.10. The first-order chi connectivity index (χ1) is 10.1. The number of aliphatic hydroxyl groups excluding tert-OH is 1. The molecule has 1 amide bonds. The van der Waals surface area contributed by atoms with Crippen molar-refractivity contribution >= 4 is 17.7 Å². The normalized spacial score (nSPS) is 38.8. The van der Waals surface area contributed by atoms with Crippen molar-refractivity contribution in [3.05, 3.63) is 0 Å². The fourth-order valence-corrected chi connectivity index (χ4v) is 4.59. The largest absolute Gasteiger partial charge is 0.393 e. The zero-order chi connectivity index (χ0) is 15.0. The van der Waals surface area contributed by atoms with Crippen LogP contribution in [0, 0.1) is 23.2 Å². The minimum absolute atomic E-state index is 0.0360. The second-order valence-electron chi connectivity index (χ2n) is 6.70. The Hall–Kier alpha value is -0.830. The predicted octanol–water partition coefficient (Wildman–Crippen LogP) is 1.51. The molecule has 0 bridgehead atoms. The van der Waals surface area contributed by atoms with Crippen LogP contribution in [0.3, 0.4) is 0 Å². The zero-order valence-electron chi connectivity index (χ0n) is 12.1. The third kappa shape index (κ3) is 3.03. The summed E-state index contributed by atoms with van der Waals surface area (Å²) in [5.41, 5.74) is 0. The molecule has 2 aliphatic carbocycles. The van der Waals surface area contributed by atoms with Crippen LogP contribution in [0.5, 0.6) is 0 Å². The smallest absolute Gasteiger partial charge is 0.239 e. The molecular formula is C15H22ClN3O2. The molecule has 6 heteroatoms. The van der Waals surface area contributed by atoms with E-state index in [9.17, 15) is 9.90 Å². The minimum Gasteiger partial charge on any atom is -0.393 e. The average molecular weight is 312 g/mol. The number of nitriles is 1. The number of amides is 1. The van der Waals surface area contributed by atoms with E-state index in [0.29, 0.717) is 18.4 Å². The highest BCUT2D eigenvalue weighted by molar-refractivity contribution is 6.14. The van der Waals surface area contributed by atoms with Gasteiger partial charge in [-0.1, -0.05) is 0 Å². The van der Waals surface area contributed by atoms with Gasteiger partial charge in [-0.2, -0.15) is 5.26 Å². The molecule has 5 nitrogen and oxygen atoms in total. The van der Waals surface area contributed by atoms with Crippen molar-refractivity contribution in [3.63, 3.8) is 0 Å². The number of fused-ring (bicyclic) bond motifs is 1. The molecule has 0 aromatic heterocycles. The predicted molar refractivity (Wildman–Crippen MR) is 78.1 cm³/mol. The van der Waals surface area contributed by atoms with Gasteiger partial charge < -0.3 is 10.0 Å². The van der Waals surface area contributed by atoms with Gasteiger partial charge in [0.1, 0.15) is 6.04 Å². The molecule has 2 unspecified atom stereocenters. The second-order valence-corrected chi connectivity index (χ2v) is 7.14. The Labute approximate surface area is 130 Å². The molecule has 0 radical (unpaired) electrons. The van der Waals surface area contributed by atoms with Gasteiger partial charge in [0, 0.05) is 12.6 Å². The van der Waals surface area contributed by atoms with Crippen molar-refractivity contribution in [3.8, 4) is 6.07 Å². The van der Waals surface area contributed by atoms with Crippen LogP contribution in [0.4, 0.5) is 0 Å². The number of likely N-dealkylation sites (tertiary alicyclic amines) is 1. The van der Waals surface area contributed by atoms with Crippen molar-refractivity contribution in [2.75, 3.05) is 13.1 Å². The quantitative estimate of drug-likeness (QED) is 0.802. The molecule has 2 saturated carbocycles. The van der Waals surface area contributed by atoms with Gasteiger partial charge in [0.05, 0.1) is 18.7 Å². The van der Waals surface area contributed by atoms with Gasteiger partial charge in [0.25, 0.3) is 0 Å². The van der Waals surface area contributed by atoms with Gasteiger partial charge in [0.15, 0.2) is 0 Å². The van der Waals surface area contributed by atoms with Crippen LogP contribution in [0.15, 0.2) is 0 Å². The van der Waals surface area contributed by atoms with E-state index in [0.717, 1.165) is 38.5 Å². The molecule has 1 saturated heterocycles. The van der Waals surface area contributed by atoms with Gasteiger partial charge in [-0.25, -0.2) is 4.42 Å². The molecule has 1 N–H and O–H groups in total. The number of carbonyl (C=O) groups is 1. The Morgan fingerprint density at radius 3 is 2.62 bits per heavy atom. The van der Waals surface area contributed by atoms with E-state index < -0.39 is 0 Å². The van der Waals surface area contributed by atoms with Crippen LogP contribution in [0.2, 0.25) is 0 Å². The number of carbonyl (C=O) groups excluding carboxylic acids is 1. The van der Waals surface area contributed by atoms with Gasteiger partial charge in [-0.05, 0) is 62.1 Å². The van der Waals surface area contributed by atoms with Gasteiger partial charge >= 0.3 is 0 Å². The molecule has 1 aliphatic heterocycles. The minimum atomic E-state index is -0.277. The number of aliphatic hydroxyl groups is 1. The topological polar surface area (TPSA) is 67.6 Å². The highest BCUT2D eigenvalue weighted by atomic mass is 35.5. The van der Waals surface area contributed by atoms with Crippen LogP contribution in [-0.2, 0) is 4.79 Å². The summed E-state index contributed by atoms with van der Waals surface area (Å²) < 4.78 is 1.64. The van der Waals surface area contributed by atoms with E-state index in [2.05, 4.69) is 6.07 Å². The Bertz CT molecular complexity index is 439. The van der Waals surface area contributed by atoms with Gasteiger partial charge in [-0.3, -0.25) is 4.79 Å². The summed E-state index contributed by atoms with van der Waals surface area (Å²) in [7, 11) is 0. The lowest BCUT2D eigenvalue weighted by Gasteiger charge is -2.26. The third-order valence-corrected chi connectivity index (χ3v) is 5.77. The molecule has 5 atom stereocenters. The van der Waals surface area contributed by atoms with Crippen LogP contribution in [0.1, 0.15) is 38.5 Å². The molecule has 3 rings (SSSR count). The van der Waals surface area contributed by atoms with Gasteiger partial charge in [0.2, 0.25) is 5.91 Å². The van der Waals surface area contributed by atoms with Crippen LogP contribution < -0.4 is 0 Å². The highest BCUT2D eigenvalue weighted by Crippen LogP contribution is 2.46. The molecule has 0 aromatic rings. The lowest BCUT2D eigenvalue weighted by molar-refractivity contribution is -0.131. The number of nitrogens with zero attached hydrogens (tertiary/aromatic N) is 3. The molecule has 3 fully saturated rings. The van der Waals surface area contributed by atoms with Crippen molar-refractivity contribution < 1.29 is 9.90 Å². The van der Waals surface area contributed by atoms with Crippen molar-refractivity contribution in [1.29, 1.82) is 5.26 Å². The van der Waals surface area contributed by atoms with E-state index in [1.165, 1.54) is 0 Å². The summed E-state index contributed by atoms with van der Waals surface area (Å²) >= 11 is 6.34. The van der Waals surface area contributed by atoms with Crippen molar-refractivity contribution in [2.24, 2.45) is 11.8 Å². The molecule has 1 heterocycles. The summed E-state index contributed by atoms with van der Waals surface area (Å²) in [5, 5.41) is 18.7. The first-order valence-electron chi connectivity index (χ1n) is 7.88. The van der Waals surface area contributed by atoms with E-state index in [1.54, 1.807) is 9.32 Å². The zero-order valence-corrected chi connectivity index (χ0v) is 12.9. The maximum absolute atomic E-state index is 12.3. The number of hydrogen-bond donors (Lipinski definition) is 1. The molecule has 0 aromatic carbocycles. The fraction of sp³-hybridized carbons (Fsp3) is 0.867. The maximum Gasteiger partial charge on any atom is 0.239 e. The van der Waals surface area contributed by atoms with E-state index >= 15 is 0 Å². The fourth-order valence-electron chi connectivity index (χ4n) is 4.33. The number of hydrogen-bond acceptors (Lipinski definition) is 4. The highest BCUT2D eigenvalue weighted by Gasteiger charge is 2.43. The molecule has 21 heavy (non-hydrogen) atoms. The lowest BCUT2D eigenvalue weighted by Crippen LogP contribution is -2.42. The first kappa shape index (κ1) is 15.1. The van der Waals surface area contributed by atoms with E-state index in [1.807, 2.05) is 0 Å². The summed E-state index contributed by atoms with van der Waals surface area (Å²) in [4.78, 5) is 14.0. The Morgan fingerprint density at radius 1 is 1.33 bits per heavy atom. The standard InChI is InChI=1S/C15H22ClN3O2/c16-19(9-15(21)18-3-1-2-12(18)8-17)13-4-10-6-14(20)7-11(10)5-13/h10-14,20H,1-7,9H2/t10-,11+,12-,13?,14?/m0/s1. The van der Waals surface area contributed by atoms with Gasteiger partial charge in [-0.15, -0.1) is 0 Å². The maximum atomic E-state index is 12.3. The molecular weight excluding hydrogens is 290 g/mol. The Morgan fingerprint density at radius 2 is 2.00 bits per heavy atom. The Balaban J connectivity index is 1.52. The molecule has 116 valence electrons. The monoisotopic (exact) mass is 311 g/mol. The number of rotatable bonds is 3. The van der Waals surface area contributed by atoms with Crippen LogP contribution in [-0.4, -0.2) is 51.6 Å². The van der Waals surface area contributed by atoms with E-state index in [-0.39, 0.29) is 30.6 Å². The SMILES string of the molecule is N#C[C@@H]1CCCN1C(=O)CN(Cl)C1C[C@H]2CC(O)C[C@H]2C1. The Kier molecular flexibility index (Phi) is 4.39. The summed E-state index contributed by atoms with van der Waals surface area (Å²) in [6, 6.07) is 2.14. The summed E-state index contributed by atoms with van der Waals surface area (Å²) in [6.45, 7) is 0.857. The third-order valence-electron chi connectivity index (χ3n) is 5.37. The number of halogens is 1. The van der Waals surface area contributed by atoms with Crippen molar-refractivity contribution in [1.82, 2.24) is 9.32 Å². The van der Waals surface area contributed by atoms with Crippen molar-refractivity contribution in [2.45, 2.75) is 56.7 Å². The summed E-state index contributed by atoms with van der Waals surface area (Å²) in [6.07, 6.45) is 5.23. The van der Waals surface area contributed by atoms with Crippen LogP contribution >= 0.6 is 11.8 Å². The van der Waals surface area contributed by atoms with Crippen LogP contribution in [0.25, 0.3) is 0 Å². The molecule has 0 spiro atoms. The summed E-state index contributed by atoms with van der Waals surface area (Å²) in [5.74, 6) is 1.08. The second kappa shape index (κ2) is 6.12. The first-order valence-corrected chi connectivity index (χ1v) is 8.22. The van der Waals surface area contributed by atoms with E-state index in [4.69, 9.17) is 17.0 Å². The lowest BCUT2D eigenvalue weighted by atomic mass is 10.0.